The third kappa shape index (κ3) is 4.15. The Morgan fingerprint density at radius 1 is 1.00 bits per heavy atom. The summed E-state index contributed by atoms with van der Waals surface area (Å²) in [5.74, 6) is 0.369. The van der Waals surface area contributed by atoms with Crippen molar-refractivity contribution in [2.75, 3.05) is 22.9 Å². The van der Waals surface area contributed by atoms with Gasteiger partial charge in [-0.15, -0.1) is 0 Å². The lowest BCUT2D eigenvalue weighted by Gasteiger charge is -2.34. The van der Waals surface area contributed by atoms with Crippen molar-refractivity contribution in [2.24, 2.45) is 0 Å². The molecule has 0 unspecified atom stereocenters. The number of anilines is 2. The summed E-state index contributed by atoms with van der Waals surface area (Å²) in [5.41, 5.74) is 0.422. The summed E-state index contributed by atoms with van der Waals surface area (Å²) in [6.45, 7) is 9.43. The standard InChI is InChI=1S/C22H28N2O5S/c1-21(2,3)15-7-9-16(10-8-15)24-20(25)23(6)18-13-17(29-14-22(4,5)26)11-12-19(18)30(24,27)28/h7-13,26H,14H2,1-6H3. The van der Waals surface area contributed by atoms with Crippen molar-refractivity contribution in [1.82, 2.24) is 0 Å². The molecule has 7 nitrogen and oxygen atoms in total. The number of nitrogens with zero attached hydrogens (tertiary/aromatic N) is 2. The van der Waals surface area contributed by atoms with Crippen LogP contribution in [0.15, 0.2) is 47.4 Å². The molecule has 2 amide bonds. The molecule has 0 fully saturated rings. The lowest BCUT2D eigenvalue weighted by Crippen LogP contribution is -2.49. The molecule has 1 heterocycles. The van der Waals surface area contributed by atoms with Crippen LogP contribution < -0.4 is 13.9 Å². The number of benzene rings is 2. The van der Waals surface area contributed by atoms with Crippen LogP contribution >= 0.6 is 0 Å². The Hall–Kier alpha value is -2.58. The highest BCUT2D eigenvalue weighted by Gasteiger charge is 2.41. The third-order valence-corrected chi connectivity index (χ3v) is 6.58. The zero-order chi connectivity index (χ0) is 22.5. The summed E-state index contributed by atoms with van der Waals surface area (Å²) >= 11 is 0. The van der Waals surface area contributed by atoms with E-state index in [2.05, 4.69) is 20.8 Å². The van der Waals surface area contributed by atoms with Crippen molar-refractivity contribution in [3.63, 3.8) is 0 Å². The van der Waals surface area contributed by atoms with Gasteiger partial charge in [0.2, 0.25) is 0 Å². The van der Waals surface area contributed by atoms with Gasteiger partial charge >= 0.3 is 6.03 Å². The molecule has 8 heteroatoms. The first-order valence-corrected chi connectivity index (χ1v) is 11.1. The number of rotatable bonds is 4. The fourth-order valence-corrected chi connectivity index (χ4v) is 4.74. The second kappa shape index (κ2) is 7.28. The Bertz CT molecular complexity index is 1060. The van der Waals surface area contributed by atoms with Crippen LogP contribution in [0.25, 0.3) is 0 Å². The van der Waals surface area contributed by atoms with Gasteiger partial charge in [-0.25, -0.2) is 13.2 Å². The summed E-state index contributed by atoms with van der Waals surface area (Å²) in [7, 11) is -2.57. The van der Waals surface area contributed by atoms with Gasteiger partial charge in [0, 0.05) is 13.1 Å². The molecular formula is C22H28N2O5S. The first-order valence-electron chi connectivity index (χ1n) is 9.65. The zero-order valence-electron chi connectivity index (χ0n) is 18.1. The third-order valence-electron chi connectivity index (χ3n) is 4.83. The minimum Gasteiger partial charge on any atom is -0.491 e. The fraction of sp³-hybridized carbons (Fsp3) is 0.409. The Morgan fingerprint density at radius 3 is 2.13 bits per heavy atom. The first-order chi connectivity index (χ1) is 13.7. The zero-order valence-corrected chi connectivity index (χ0v) is 18.9. The van der Waals surface area contributed by atoms with E-state index in [-0.39, 0.29) is 28.3 Å². The summed E-state index contributed by atoms with van der Waals surface area (Å²) < 4.78 is 32.9. The van der Waals surface area contributed by atoms with Crippen LogP contribution in [-0.4, -0.2) is 38.8 Å². The summed E-state index contributed by atoms with van der Waals surface area (Å²) in [6.07, 6.45) is 0. The van der Waals surface area contributed by atoms with Gasteiger partial charge in [0.15, 0.2) is 0 Å². The van der Waals surface area contributed by atoms with Crippen LogP contribution in [0.1, 0.15) is 40.2 Å². The number of carbonyl (C=O) groups excluding carboxylic acids is 1. The molecule has 30 heavy (non-hydrogen) atoms. The topological polar surface area (TPSA) is 87.2 Å². The first kappa shape index (κ1) is 22.1. The lowest BCUT2D eigenvalue weighted by molar-refractivity contribution is 0.0285. The molecule has 0 radical (unpaired) electrons. The largest absolute Gasteiger partial charge is 0.491 e. The van der Waals surface area contributed by atoms with E-state index in [1.54, 1.807) is 26.0 Å². The molecule has 1 aliphatic heterocycles. The van der Waals surface area contributed by atoms with Crippen LogP contribution in [0, 0.1) is 0 Å². The number of aliphatic hydroxyl groups is 1. The van der Waals surface area contributed by atoms with Gasteiger partial charge in [0.05, 0.1) is 17.0 Å². The molecule has 0 bridgehead atoms. The van der Waals surface area contributed by atoms with E-state index in [0.29, 0.717) is 5.75 Å². The molecule has 162 valence electrons. The normalized spacial score (nSPS) is 16.4. The van der Waals surface area contributed by atoms with Crippen molar-refractivity contribution in [1.29, 1.82) is 0 Å². The van der Waals surface area contributed by atoms with Crippen molar-refractivity contribution in [3.8, 4) is 5.75 Å². The molecule has 2 aromatic carbocycles. The van der Waals surface area contributed by atoms with Crippen LogP contribution in [0.2, 0.25) is 0 Å². The number of ether oxygens (including phenoxy) is 1. The smallest absolute Gasteiger partial charge is 0.342 e. The predicted molar refractivity (Wildman–Crippen MR) is 117 cm³/mol. The van der Waals surface area contributed by atoms with E-state index in [0.717, 1.165) is 9.87 Å². The van der Waals surface area contributed by atoms with Gasteiger partial charge in [0.25, 0.3) is 10.0 Å². The lowest BCUT2D eigenvalue weighted by atomic mass is 9.87. The molecule has 0 aliphatic carbocycles. The number of carbonyl (C=O) groups is 1. The molecule has 1 aliphatic rings. The van der Waals surface area contributed by atoms with E-state index in [4.69, 9.17) is 4.74 Å². The molecule has 1 N–H and O–H groups in total. The van der Waals surface area contributed by atoms with E-state index >= 15 is 0 Å². The van der Waals surface area contributed by atoms with Gasteiger partial charge in [-0.1, -0.05) is 32.9 Å². The average Bonchev–Trinajstić information content (AvgIpc) is 2.63. The Balaban J connectivity index is 2.01. The van der Waals surface area contributed by atoms with Crippen LogP contribution in [0.3, 0.4) is 0 Å². The molecular weight excluding hydrogens is 404 g/mol. The maximum Gasteiger partial charge on any atom is 0.342 e. The van der Waals surface area contributed by atoms with E-state index in [1.165, 1.54) is 30.1 Å². The number of hydrogen-bond acceptors (Lipinski definition) is 5. The van der Waals surface area contributed by atoms with Gasteiger partial charge in [-0.3, -0.25) is 4.90 Å². The molecule has 2 aromatic rings. The number of hydrogen-bond donors (Lipinski definition) is 1. The minimum absolute atomic E-state index is 0.0140. The maximum atomic E-state index is 13.3. The van der Waals surface area contributed by atoms with Crippen molar-refractivity contribution < 1.29 is 23.1 Å². The second-order valence-electron chi connectivity index (χ2n) is 9.14. The van der Waals surface area contributed by atoms with Gasteiger partial charge in [-0.2, -0.15) is 4.31 Å². The molecule has 0 atom stereocenters. The quantitative estimate of drug-likeness (QED) is 0.792. The highest BCUT2D eigenvalue weighted by molar-refractivity contribution is 7.94. The predicted octanol–water partition coefficient (Wildman–Crippen LogP) is 3.90. The van der Waals surface area contributed by atoms with E-state index in [1.807, 2.05) is 12.1 Å². The van der Waals surface area contributed by atoms with Crippen LogP contribution in [0.4, 0.5) is 16.2 Å². The van der Waals surface area contributed by atoms with Crippen LogP contribution in [-0.2, 0) is 15.4 Å². The summed E-state index contributed by atoms with van der Waals surface area (Å²) in [6, 6.07) is 10.7. The van der Waals surface area contributed by atoms with Crippen molar-refractivity contribution in [3.05, 3.63) is 48.0 Å². The van der Waals surface area contributed by atoms with Crippen molar-refractivity contribution >= 4 is 27.4 Å². The van der Waals surface area contributed by atoms with Crippen LogP contribution in [0.5, 0.6) is 5.75 Å². The Labute approximate surface area is 177 Å². The maximum absolute atomic E-state index is 13.3. The van der Waals surface area contributed by atoms with E-state index in [9.17, 15) is 18.3 Å². The van der Waals surface area contributed by atoms with E-state index < -0.39 is 21.7 Å². The molecule has 0 saturated heterocycles. The highest BCUT2D eigenvalue weighted by Crippen LogP contribution is 2.39. The van der Waals surface area contributed by atoms with Crippen molar-refractivity contribution in [2.45, 2.75) is 50.5 Å². The molecule has 3 rings (SSSR count). The molecule has 0 aromatic heterocycles. The number of fused-ring (bicyclic) bond motifs is 1. The van der Waals surface area contributed by atoms with Gasteiger partial charge in [-0.05, 0) is 49.1 Å². The van der Waals surface area contributed by atoms with Gasteiger partial charge in [0.1, 0.15) is 17.3 Å². The number of amides is 2. The number of sulfonamides is 1. The minimum atomic E-state index is -4.09. The average molecular weight is 433 g/mol. The SMILES string of the molecule is CN1C(=O)N(c2ccc(C(C)(C)C)cc2)S(=O)(=O)c2ccc(OCC(C)(C)O)cc21. The second-order valence-corrected chi connectivity index (χ2v) is 10.9. The molecule has 0 saturated carbocycles. The monoisotopic (exact) mass is 432 g/mol. The van der Waals surface area contributed by atoms with Gasteiger partial charge < -0.3 is 9.84 Å². The fourth-order valence-electron chi connectivity index (χ4n) is 3.11. The summed E-state index contributed by atoms with van der Waals surface area (Å²) in [4.78, 5) is 14.3. The Kier molecular flexibility index (Phi) is 5.37. The summed E-state index contributed by atoms with van der Waals surface area (Å²) in [5, 5.41) is 9.83. The molecule has 0 spiro atoms. The number of urea groups is 1. The highest BCUT2D eigenvalue weighted by atomic mass is 32.2. The Morgan fingerprint density at radius 2 is 1.60 bits per heavy atom.